The number of rotatable bonds is 11. The number of halogens is 4. The lowest BCUT2D eigenvalue weighted by molar-refractivity contribution is -0.491. The maximum absolute atomic E-state index is 14.4. The molecule has 0 aromatic heterocycles. The van der Waals surface area contributed by atoms with E-state index in [1.807, 2.05) is 0 Å². The van der Waals surface area contributed by atoms with Gasteiger partial charge in [0.25, 0.3) is 0 Å². The van der Waals surface area contributed by atoms with Crippen LogP contribution in [0.15, 0.2) is 12.1 Å². The van der Waals surface area contributed by atoms with Crippen LogP contribution in [-0.4, -0.2) is 67.9 Å². The quantitative estimate of drug-likeness (QED) is 0.228. The van der Waals surface area contributed by atoms with E-state index in [4.69, 9.17) is 57.4 Å². The van der Waals surface area contributed by atoms with Crippen LogP contribution in [0.5, 0.6) is 11.5 Å². The Balaban J connectivity index is 0.000000241. The Bertz CT molecular complexity index is 1320. The van der Waals surface area contributed by atoms with Crippen LogP contribution in [0, 0.1) is 21.7 Å². The van der Waals surface area contributed by atoms with E-state index in [0.717, 1.165) is 0 Å². The Morgan fingerprint density at radius 3 is 1.57 bits per heavy atom. The number of aliphatic hydroxyl groups excluding tert-OH is 2. The van der Waals surface area contributed by atoms with Gasteiger partial charge < -0.3 is 44.4 Å². The molecule has 0 radical (unpaired) electrons. The lowest BCUT2D eigenvalue weighted by Gasteiger charge is -2.28. The molecule has 0 spiro atoms. The zero-order chi connectivity index (χ0) is 32.8. The van der Waals surface area contributed by atoms with E-state index in [9.17, 15) is 29.1 Å². The first kappa shape index (κ1) is 36.1. The van der Waals surface area contributed by atoms with E-state index in [1.54, 1.807) is 27.7 Å². The van der Waals surface area contributed by atoms with Gasteiger partial charge in [-0.15, -0.1) is 0 Å². The van der Waals surface area contributed by atoms with Crippen molar-refractivity contribution in [3.05, 3.63) is 66.2 Å². The van der Waals surface area contributed by atoms with Crippen molar-refractivity contribution in [3.63, 3.8) is 0 Å². The molecule has 246 valence electrons. The maximum atomic E-state index is 14.4. The van der Waals surface area contributed by atoms with Crippen LogP contribution in [0.2, 0.25) is 10.0 Å². The van der Waals surface area contributed by atoms with Gasteiger partial charge >= 0.3 is 0 Å². The summed E-state index contributed by atoms with van der Waals surface area (Å²) in [6.07, 6.45) is -2.94. The highest BCUT2D eigenvalue weighted by molar-refractivity contribution is 6.31. The van der Waals surface area contributed by atoms with Crippen LogP contribution in [0.1, 0.15) is 62.2 Å². The van der Waals surface area contributed by atoms with Crippen molar-refractivity contribution < 1.29 is 52.3 Å². The van der Waals surface area contributed by atoms with Crippen LogP contribution < -0.4 is 15.2 Å². The van der Waals surface area contributed by atoms with E-state index in [-0.39, 0.29) is 58.0 Å². The molecule has 2 heterocycles. The highest BCUT2D eigenvalue weighted by atomic mass is 35.5. The van der Waals surface area contributed by atoms with Gasteiger partial charge in [0.05, 0.1) is 78.0 Å². The highest BCUT2D eigenvalue weighted by Gasteiger charge is 2.41. The molecule has 2 fully saturated rings. The standard InChI is InChI=1S/C14H17ClFNO6.C14H19ClFNO4/c1-3-21-13-8(14(2)22-4-5-23-14)6-9(15)12(16)11(13)10(18)7-17(19)20;1-3-19-13-8(14(2)20-4-5-21-14)6-9(15)12(16)11(13)10(18)7-17/h6,10,18H,3-5,7H2,1-2H3;6,10,18H,3-5,7,17H2,1-2H3/t2*10-/m00/s1. The fourth-order valence-electron chi connectivity index (χ4n) is 4.82. The van der Waals surface area contributed by atoms with Crippen molar-refractivity contribution in [2.24, 2.45) is 5.73 Å². The van der Waals surface area contributed by atoms with Gasteiger partial charge in [-0.25, -0.2) is 8.78 Å². The average Bonchev–Trinajstić information content (AvgIpc) is 3.62. The van der Waals surface area contributed by atoms with Gasteiger partial charge in [0, 0.05) is 11.5 Å². The first-order valence-electron chi connectivity index (χ1n) is 13.8. The molecule has 2 aliphatic rings. The Kier molecular flexibility index (Phi) is 12.5. The summed E-state index contributed by atoms with van der Waals surface area (Å²) in [4.78, 5) is 9.91. The first-order chi connectivity index (χ1) is 20.7. The first-order valence-corrected chi connectivity index (χ1v) is 14.5. The molecular weight excluding hydrogens is 633 g/mol. The fraction of sp³-hybridized carbons (Fsp3) is 0.571. The summed E-state index contributed by atoms with van der Waals surface area (Å²) in [7, 11) is 0. The molecule has 2 atom stereocenters. The minimum absolute atomic E-state index is 0.0480. The molecule has 16 heteroatoms. The fourth-order valence-corrected chi connectivity index (χ4v) is 5.24. The normalized spacial score (nSPS) is 18.3. The highest BCUT2D eigenvalue weighted by Crippen LogP contribution is 2.45. The third-order valence-corrected chi connectivity index (χ3v) is 7.41. The largest absolute Gasteiger partial charge is 0.493 e. The maximum Gasteiger partial charge on any atom is 0.233 e. The molecule has 4 N–H and O–H groups in total. The van der Waals surface area contributed by atoms with Gasteiger partial charge in [-0.05, 0) is 39.8 Å². The summed E-state index contributed by atoms with van der Waals surface area (Å²) >= 11 is 11.8. The Morgan fingerprint density at radius 1 is 0.886 bits per heavy atom. The smallest absolute Gasteiger partial charge is 0.233 e. The molecule has 4 rings (SSSR count). The molecule has 2 aromatic rings. The van der Waals surface area contributed by atoms with Crippen LogP contribution in [0.3, 0.4) is 0 Å². The van der Waals surface area contributed by atoms with Crippen LogP contribution >= 0.6 is 23.2 Å². The third kappa shape index (κ3) is 7.69. The second kappa shape index (κ2) is 15.3. The van der Waals surface area contributed by atoms with Crippen molar-refractivity contribution in [1.82, 2.24) is 0 Å². The van der Waals surface area contributed by atoms with Gasteiger partial charge in [0.2, 0.25) is 6.54 Å². The SMILES string of the molecule is CCOc1c(C2(C)OCCO2)cc(Cl)c(F)c1[C@@H](O)CN.CCOc1c(C2(C)OCCO2)cc(Cl)c(F)c1[C@@H](O)C[N+](=O)[O-]. The monoisotopic (exact) mass is 668 g/mol. The summed E-state index contributed by atoms with van der Waals surface area (Å²) in [5.41, 5.74) is 5.73. The van der Waals surface area contributed by atoms with Crippen molar-refractivity contribution >= 4 is 23.2 Å². The van der Waals surface area contributed by atoms with Crippen molar-refractivity contribution in [2.45, 2.75) is 51.5 Å². The predicted octanol–water partition coefficient (Wildman–Crippen LogP) is 4.50. The minimum Gasteiger partial charge on any atom is -0.493 e. The minimum atomic E-state index is -1.71. The average molecular weight is 670 g/mol. The lowest BCUT2D eigenvalue weighted by Crippen LogP contribution is -2.26. The topological polar surface area (TPSA) is 165 Å². The summed E-state index contributed by atoms with van der Waals surface area (Å²) in [5, 5.41) is 30.3. The van der Waals surface area contributed by atoms with Gasteiger partial charge in [0.15, 0.2) is 23.2 Å². The van der Waals surface area contributed by atoms with Crippen molar-refractivity contribution in [1.29, 1.82) is 0 Å². The molecule has 2 saturated heterocycles. The molecule has 0 amide bonds. The summed E-state index contributed by atoms with van der Waals surface area (Å²) in [5.74, 6) is -3.91. The molecule has 0 aliphatic carbocycles. The van der Waals surface area contributed by atoms with E-state index < -0.39 is 46.9 Å². The second-order valence-corrected chi connectivity index (χ2v) is 10.7. The Labute approximate surface area is 263 Å². The number of hydrogen-bond acceptors (Lipinski definition) is 11. The van der Waals surface area contributed by atoms with Crippen LogP contribution in [-0.2, 0) is 30.5 Å². The van der Waals surface area contributed by atoms with Gasteiger partial charge in [-0.1, -0.05) is 23.2 Å². The Hall–Kier alpha value is -2.40. The zero-order valence-electron chi connectivity index (χ0n) is 24.7. The summed E-state index contributed by atoms with van der Waals surface area (Å²) in [6, 6.07) is 2.69. The number of ether oxygens (including phenoxy) is 6. The number of nitrogens with two attached hydrogens (primary N) is 1. The van der Waals surface area contributed by atoms with E-state index in [1.165, 1.54) is 12.1 Å². The van der Waals surface area contributed by atoms with E-state index in [0.29, 0.717) is 32.0 Å². The molecule has 0 bridgehead atoms. The second-order valence-electron chi connectivity index (χ2n) is 9.86. The number of nitrogens with zero attached hydrogens (tertiary/aromatic N) is 1. The van der Waals surface area contributed by atoms with Gasteiger partial charge in [0.1, 0.15) is 17.6 Å². The summed E-state index contributed by atoms with van der Waals surface area (Å²) < 4.78 is 61.9. The van der Waals surface area contributed by atoms with Crippen LogP contribution in [0.4, 0.5) is 8.78 Å². The number of hydrogen-bond donors (Lipinski definition) is 3. The molecule has 2 aromatic carbocycles. The molecular formula is C28H36Cl2F2N2O10. The van der Waals surface area contributed by atoms with Gasteiger partial charge in [-0.3, -0.25) is 10.1 Å². The molecule has 44 heavy (non-hydrogen) atoms. The van der Waals surface area contributed by atoms with Crippen LogP contribution in [0.25, 0.3) is 0 Å². The van der Waals surface area contributed by atoms with Crippen molar-refractivity contribution in [3.8, 4) is 11.5 Å². The molecule has 0 saturated carbocycles. The molecule has 12 nitrogen and oxygen atoms in total. The number of nitro groups is 1. The molecule has 2 aliphatic heterocycles. The zero-order valence-corrected chi connectivity index (χ0v) is 26.2. The van der Waals surface area contributed by atoms with E-state index >= 15 is 0 Å². The third-order valence-electron chi connectivity index (χ3n) is 6.86. The number of benzene rings is 2. The Morgan fingerprint density at radius 2 is 1.25 bits per heavy atom. The van der Waals surface area contributed by atoms with Gasteiger partial charge in [-0.2, -0.15) is 0 Å². The molecule has 0 unspecified atom stereocenters. The lowest BCUT2D eigenvalue weighted by atomic mass is 9.98. The predicted molar refractivity (Wildman–Crippen MR) is 155 cm³/mol. The van der Waals surface area contributed by atoms with Crippen molar-refractivity contribution in [2.75, 3.05) is 52.7 Å². The number of aliphatic hydroxyl groups is 2. The summed E-state index contributed by atoms with van der Waals surface area (Å²) in [6.45, 7) is 7.60. The van der Waals surface area contributed by atoms with E-state index in [2.05, 4.69) is 0 Å².